The van der Waals surface area contributed by atoms with E-state index in [-0.39, 0.29) is 30.6 Å². The first kappa shape index (κ1) is 25.3. The third-order valence-corrected chi connectivity index (χ3v) is 6.79. The van der Waals surface area contributed by atoms with Crippen molar-refractivity contribution in [1.29, 1.82) is 0 Å². The Morgan fingerprint density at radius 1 is 1.13 bits per heavy atom. The predicted molar refractivity (Wildman–Crippen MR) is 139 cm³/mol. The van der Waals surface area contributed by atoms with Gasteiger partial charge in [0.1, 0.15) is 5.78 Å². The summed E-state index contributed by atoms with van der Waals surface area (Å²) in [5.74, 6) is -3.16. The number of imidazole rings is 1. The van der Waals surface area contributed by atoms with Crippen molar-refractivity contribution >= 4 is 41.0 Å². The zero-order chi connectivity index (χ0) is 26.6. The minimum atomic E-state index is -0.955. The highest BCUT2D eigenvalue weighted by Gasteiger charge is 2.33. The van der Waals surface area contributed by atoms with Crippen LogP contribution < -0.4 is 5.32 Å². The molecule has 0 radical (unpaired) electrons. The van der Waals surface area contributed by atoms with E-state index in [2.05, 4.69) is 15.3 Å². The van der Waals surface area contributed by atoms with Gasteiger partial charge in [-0.15, -0.1) is 0 Å². The van der Waals surface area contributed by atoms with Crippen molar-refractivity contribution in [2.75, 3.05) is 11.9 Å². The second-order valence-electron chi connectivity index (χ2n) is 9.43. The smallest absolute Gasteiger partial charge is 0.256 e. The summed E-state index contributed by atoms with van der Waals surface area (Å²) in [6, 6.07) is 9.23. The van der Waals surface area contributed by atoms with Crippen LogP contribution in [0, 0.1) is 17.6 Å². The number of nitrogens with one attached hydrogen (secondary N) is 2. The first-order valence-electron chi connectivity index (χ1n) is 12.5. The topological polar surface area (TPSA) is 95.2 Å². The lowest BCUT2D eigenvalue weighted by atomic mass is 9.90. The molecule has 7 nitrogen and oxygen atoms in total. The van der Waals surface area contributed by atoms with E-state index >= 15 is 0 Å². The lowest BCUT2D eigenvalue weighted by Gasteiger charge is -2.31. The average Bonchev–Trinajstić information content (AvgIpc) is 3.53. The van der Waals surface area contributed by atoms with Crippen molar-refractivity contribution < 1.29 is 23.2 Å². The fourth-order valence-electron chi connectivity index (χ4n) is 4.83. The highest BCUT2D eigenvalue weighted by Crippen LogP contribution is 2.34. The second-order valence-corrected chi connectivity index (χ2v) is 9.43. The summed E-state index contributed by atoms with van der Waals surface area (Å²) in [5, 5.41) is 2.87. The van der Waals surface area contributed by atoms with E-state index in [1.54, 1.807) is 23.5 Å². The van der Waals surface area contributed by atoms with Gasteiger partial charge in [-0.05, 0) is 54.7 Å². The van der Waals surface area contributed by atoms with E-state index in [1.807, 2.05) is 30.4 Å². The molecule has 0 bridgehead atoms. The molecular weight excluding hydrogens is 490 g/mol. The molecule has 9 heteroatoms. The Labute approximate surface area is 218 Å². The van der Waals surface area contributed by atoms with Crippen LogP contribution in [0.15, 0.2) is 55.0 Å². The number of carbonyl (C=O) groups is 3. The van der Waals surface area contributed by atoms with Gasteiger partial charge in [-0.3, -0.25) is 14.4 Å². The van der Waals surface area contributed by atoms with Gasteiger partial charge < -0.3 is 15.2 Å². The van der Waals surface area contributed by atoms with E-state index in [9.17, 15) is 23.2 Å². The minimum absolute atomic E-state index is 0.121. The number of amides is 2. The highest BCUT2D eigenvalue weighted by atomic mass is 19.2. The second kappa shape index (κ2) is 10.9. The number of rotatable bonds is 8. The van der Waals surface area contributed by atoms with Gasteiger partial charge in [0.25, 0.3) is 5.91 Å². The van der Waals surface area contributed by atoms with Crippen LogP contribution in [0.4, 0.5) is 14.5 Å². The van der Waals surface area contributed by atoms with E-state index in [0.29, 0.717) is 42.6 Å². The molecule has 3 aromatic rings. The van der Waals surface area contributed by atoms with Gasteiger partial charge in [-0.1, -0.05) is 30.4 Å². The van der Waals surface area contributed by atoms with Crippen LogP contribution in [-0.2, 0) is 20.9 Å². The SMILES string of the molecule is O=C1Nc2cc(/C=C/CCC(=O)C3CCCN(Cc4ccc(F)c(F)c4)C3=O)ccc2/C1=C/c1cnc[nH]1. The van der Waals surface area contributed by atoms with Crippen LogP contribution >= 0.6 is 0 Å². The van der Waals surface area contributed by atoms with Gasteiger partial charge >= 0.3 is 0 Å². The molecule has 5 rings (SSSR count). The number of aromatic amines is 1. The molecule has 2 aliphatic heterocycles. The largest absolute Gasteiger partial charge is 0.345 e. The quantitative estimate of drug-likeness (QED) is 0.326. The van der Waals surface area contributed by atoms with Crippen molar-refractivity contribution in [3.05, 3.63) is 89.0 Å². The Hall–Kier alpha value is -4.40. The number of piperidine rings is 1. The molecule has 1 fully saturated rings. The average molecular weight is 517 g/mol. The fraction of sp³-hybridized carbons (Fsp3) is 0.241. The van der Waals surface area contributed by atoms with Crippen LogP contribution in [-0.4, -0.2) is 39.0 Å². The lowest BCUT2D eigenvalue weighted by molar-refractivity contribution is -0.144. The molecule has 2 aromatic carbocycles. The number of nitrogens with zero attached hydrogens (tertiary/aromatic N) is 2. The molecule has 0 spiro atoms. The van der Waals surface area contributed by atoms with Crippen LogP contribution in [0.5, 0.6) is 0 Å². The molecule has 2 aliphatic rings. The highest BCUT2D eigenvalue weighted by molar-refractivity contribution is 6.34. The number of benzene rings is 2. The number of anilines is 1. The summed E-state index contributed by atoms with van der Waals surface area (Å²) in [6.07, 6.45) is 10.6. The van der Waals surface area contributed by atoms with Gasteiger partial charge in [-0.25, -0.2) is 13.8 Å². The Morgan fingerprint density at radius 3 is 2.79 bits per heavy atom. The predicted octanol–water partition coefficient (Wildman–Crippen LogP) is 4.98. The summed E-state index contributed by atoms with van der Waals surface area (Å²) in [4.78, 5) is 46.6. The fourth-order valence-corrected chi connectivity index (χ4v) is 4.83. The first-order valence-corrected chi connectivity index (χ1v) is 12.5. The molecule has 2 N–H and O–H groups in total. The molecule has 2 amide bonds. The monoisotopic (exact) mass is 516 g/mol. The third-order valence-electron chi connectivity index (χ3n) is 6.79. The number of aromatic nitrogens is 2. The number of allylic oxidation sites excluding steroid dienone is 1. The standard InChI is InChI=1S/C29H26F2N4O3/c30-24-10-8-19(12-25(24)31)16-35-11-3-5-22(29(35)38)27(36)6-2-1-4-18-7-9-21-23(14-20-15-32-17-33-20)28(37)34-26(21)13-18/h1,4,7-10,12-15,17,22H,2-3,5-6,11,16H2,(H,32,33)(H,34,37)/b4-1+,23-14-. The molecule has 1 atom stereocenters. The maximum Gasteiger partial charge on any atom is 0.256 e. The van der Waals surface area contributed by atoms with E-state index in [0.717, 1.165) is 29.0 Å². The number of fused-ring (bicyclic) bond motifs is 1. The van der Waals surface area contributed by atoms with Crippen molar-refractivity contribution in [3.63, 3.8) is 0 Å². The Kier molecular flexibility index (Phi) is 7.26. The Balaban J connectivity index is 1.16. The van der Waals surface area contributed by atoms with Crippen LogP contribution in [0.1, 0.15) is 48.1 Å². The Morgan fingerprint density at radius 2 is 2.00 bits per heavy atom. The van der Waals surface area contributed by atoms with E-state index < -0.39 is 17.6 Å². The van der Waals surface area contributed by atoms with E-state index in [4.69, 9.17) is 0 Å². The number of H-pyrrole nitrogens is 1. The van der Waals surface area contributed by atoms with Crippen molar-refractivity contribution in [1.82, 2.24) is 14.9 Å². The van der Waals surface area contributed by atoms with Crippen molar-refractivity contribution in [2.45, 2.75) is 32.2 Å². The zero-order valence-corrected chi connectivity index (χ0v) is 20.5. The molecular formula is C29H26F2N4O3. The van der Waals surface area contributed by atoms with Gasteiger partial charge in [0.2, 0.25) is 5.91 Å². The van der Waals surface area contributed by atoms with Crippen LogP contribution in [0.25, 0.3) is 17.7 Å². The maximum atomic E-state index is 13.5. The number of Topliss-reactive ketones (excluding diaryl/α,β-unsaturated/α-hetero) is 1. The normalized spacial score (nSPS) is 18.3. The number of likely N-dealkylation sites (tertiary alicyclic amines) is 1. The molecule has 194 valence electrons. The van der Waals surface area contributed by atoms with Crippen LogP contribution in [0.2, 0.25) is 0 Å². The van der Waals surface area contributed by atoms with Crippen molar-refractivity contribution in [3.8, 4) is 0 Å². The number of hydrogen-bond acceptors (Lipinski definition) is 4. The molecule has 0 saturated carbocycles. The van der Waals surface area contributed by atoms with Gasteiger partial charge in [0.05, 0.1) is 29.7 Å². The summed E-state index contributed by atoms with van der Waals surface area (Å²) in [6.45, 7) is 0.628. The summed E-state index contributed by atoms with van der Waals surface area (Å²) in [7, 11) is 0. The molecule has 3 heterocycles. The van der Waals surface area contributed by atoms with Gasteiger partial charge in [0, 0.05) is 30.8 Å². The molecule has 1 saturated heterocycles. The number of carbonyl (C=O) groups excluding carboxylic acids is 3. The van der Waals surface area contributed by atoms with Crippen molar-refractivity contribution in [2.24, 2.45) is 5.92 Å². The first-order chi connectivity index (χ1) is 18.4. The lowest BCUT2D eigenvalue weighted by Crippen LogP contribution is -2.43. The maximum absolute atomic E-state index is 13.5. The molecule has 0 aliphatic carbocycles. The third kappa shape index (κ3) is 5.46. The summed E-state index contributed by atoms with van der Waals surface area (Å²) in [5.41, 5.74) is 4.18. The molecule has 1 unspecified atom stereocenters. The van der Waals surface area contributed by atoms with Gasteiger partial charge in [-0.2, -0.15) is 0 Å². The number of halogens is 2. The van der Waals surface area contributed by atoms with E-state index in [1.165, 1.54) is 6.07 Å². The summed E-state index contributed by atoms with van der Waals surface area (Å²) < 4.78 is 26.7. The molecule has 38 heavy (non-hydrogen) atoms. The summed E-state index contributed by atoms with van der Waals surface area (Å²) >= 11 is 0. The number of hydrogen-bond donors (Lipinski definition) is 2. The Bertz CT molecular complexity index is 1450. The minimum Gasteiger partial charge on any atom is -0.345 e. The van der Waals surface area contributed by atoms with Crippen LogP contribution in [0.3, 0.4) is 0 Å². The number of ketones is 1. The van der Waals surface area contributed by atoms with Gasteiger partial charge in [0.15, 0.2) is 11.6 Å². The molecule has 1 aromatic heterocycles. The zero-order valence-electron chi connectivity index (χ0n) is 20.5.